The Labute approximate surface area is 139 Å². The molecule has 0 heterocycles. The second kappa shape index (κ2) is 8.14. The molecule has 7 heteroatoms. The van der Waals surface area contributed by atoms with E-state index in [9.17, 15) is 10.1 Å². The second-order valence-electron chi connectivity index (χ2n) is 4.84. The summed E-state index contributed by atoms with van der Waals surface area (Å²) in [6, 6.07) is 14.0. The predicted molar refractivity (Wildman–Crippen MR) is 91.6 cm³/mol. The van der Waals surface area contributed by atoms with Gasteiger partial charge in [-0.05, 0) is 23.3 Å². The largest absolute Gasteiger partial charge is 0.352 e. The number of nitrogens with one attached hydrogen (secondary N) is 2. The van der Waals surface area contributed by atoms with Crippen molar-refractivity contribution in [2.24, 2.45) is 4.99 Å². The minimum absolute atomic E-state index is 0.0752. The third-order valence-corrected chi connectivity index (χ3v) is 3.39. The Morgan fingerprint density at radius 2 is 1.74 bits per heavy atom. The monoisotopic (exact) mass is 332 g/mol. The Hall–Kier alpha value is -2.60. The summed E-state index contributed by atoms with van der Waals surface area (Å²) < 4.78 is 0. The first-order valence-electron chi connectivity index (χ1n) is 7.01. The molecule has 0 saturated heterocycles. The van der Waals surface area contributed by atoms with Gasteiger partial charge in [0.15, 0.2) is 5.96 Å². The predicted octanol–water partition coefficient (Wildman–Crippen LogP) is 3.11. The third kappa shape index (κ3) is 5.27. The van der Waals surface area contributed by atoms with E-state index in [1.54, 1.807) is 13.1 Å². The molecule has 0 saturated carbocycles. The van der Waals surface area contributed by atoms with Crippen molar-refractivity contribution in [1.82, 2.24) is 10.6 Å². The van der Waals surface area contributed by atoms with Gasteiger partial charge in [0.25, 0.3) is 5.69 Å². The Morgan fingerprint density at radius 3 is 2.30 bits per heavy atom. The number of rotatable bonds is 5. The highest BCUT2D eigenvalue weighted by Crippen LogP contribution is 2.13. The van der Waals surface area contributed by atoms with E-state index < -0.39 is 4.92 Å². The van der Waals surface area contributed by atoms with E-state index >= 15 is 0 Å². The summed E-state index contributed by atoms with van der Waals surface area (Å²) in [5, 5.41) is 17.7. The molecule has 120 valence electrons. The average molecular weight is 333 g/mol. The number of nitro groups is 1. The number of non-ortho nitro benzene ring substituents is 1. The van der Waals surface area contributed by atoms with Crippen LogP contribution in [0, 0.1) is 10.1 Å². The van der Waals surface area contributed by atoms with Crippen LogP contribution in [0.15, 0.2) is 53.5 Å². The lowest BCUT2D eigenvalue weighted by Crippen LogP contribution is -2.36. The van der Waals surface area contributed by atoms with Crippen molar-refractivity contribution in [3.8, 4) is 0 Å². The van der Waals surface area contributed by atoms with Crippen molar-refractivity contribution < 1.29 is 4.92 Å². The van der Waals surface area contributed by atoms with Crippen LogP contribution in [0.2, 0.25) is 5.02 Å². The highest BCUT2D eigenvalue weighted by atomic mass is 35.5. The molecule has 0 spiro atoms. The van der Waals surface area contributed by atoms with Crippen LogP contribution in [0.1, 0.15) is 11.1 Å². The highest BCUT2D eigenvalue weighted by molar-refractivity contribution is 6.30. The van der Waals surface area contributed by atoms with Gasteiger partial charge in [-0.25, -0.2) is 0 Å². The lowest BCUT2D eigenvalue weighted by molar-refractivity contribution is -0.384. The molecule has 0 aliphatic carbocycles. The molecule has 0 bridgehead atoms. The Balaban J connectivity index is 1.90. The molecule has 23 heavy (non-hydrogen) atoms. The van der Waals surface area contributed by atoms with Crippen LogP contribution in [-0.2, 0) is 13.1 Å². The normalized spacial score (nSPS) is 11.1. The van der Waals surface area contributed by atoms with Crippen molar-refractivity contribution in [2.45, 2.75) is 13.1 Å². The van der Waals surface area contributed by atoms with Gasteiger partial charge in [-0.3, -0.25) is 15.1 Å². The SMILES string of the molecule is CN=C(NCc1cccc(Cl)c1)NCc1cccc([N+](=O)[O-])c1. The van der Waals surface area contributed by atoms with E-state index in [2.05, 4.69) is 15.6 Å². The molecule has 2 aromatic rings. The Kier molecular flexibility index (Phi) is 5.94. The van der Waals surface area contributed by atoms with Gasteiger partial charge in [0.2, 0.25) is 0 Å². The molecular formula is C16H17ClN4O2. The molecule has 2 aromatic carbocycles. The molecule has 0 atom stereocenters. The number of hydrogen-bond donors (Lipinski definition) is 2. The van der Waals surface area contributed by atoms with Gasteiger partial charge >= 0.3 is 0 Å². The molecular weight excluding hydrogens is 316 g/mol. The van der Waals surface area contributed by atoms with Gasteiger partial charge < -0.3 is 10.6 Å². The smallest absolute Gasteiger partial charge is 0.269 e. The van der Waals surface area contributed by atoms with E-state index in [1.165, 1.54) is 12.1 Å². The van der Waals surface area contributed by atoms with E-state index in [0.717, 1.165) is 11.1 Å². The molecule has 0 unspecified atom stereocenters. The van der Waals surface area contributed by atoms with Crippen LogP contribution in [0.25, 0.3) is 0 Å². The second-order valence-corrected chi connectivity index (χ2v) is 5.27. The summed E-state index contributed by atoms with van der Waals surface area (Å²) in [5.41, 5.74) is 1.92. The summed E-state index contributed by atoms with van der Waals surface area (Å²) in [6.45, 7) is 1.02. The van der Waals surface area contributed by atoms with Gasteiger partial charge in [-0.1, -0.05) is 35.9 Å². The fourth-order valence-corrected chi connectivity index (χ4v) is 2.23. The summed E-state index contributed by atoms with van der Waals surface area (Å²) in [6.07, 6.45) is 0. The first-order chi connectivity index (χ1) is 11.1. The van der Waals surface area contributed by atoms with E-state index in [4.69, 9.17) is 11.6 Å². The van der Waals surface area contributed by atoms with E-state index in [0.29, 0.717) is 24.1 Å². The zero-order valence-electron chi connectivity index (χ0n) is 12.6. The number of benzene rings is 2. The van der Waals surface area contributed by atoms with Crippen molar-refractivity contribution in [3.63, 3.8) is 0 Å². The fraction of sp³-hybridized carbons (Fsp3) is 0.188. The number of nitrogens with zero attached hydrogens (tertiary/aromatic N) is 2. The van der Waals surface area contributed by atoms with Gasteiger partial charge in [0.1, 0.15) is 0 Å². The Bertz CT molecular complexity index is 719. The van der Waals surface area contributed by atoms with Crippen LogP contribution in [0.4, 0.5) is 5.69 Å². The van der Waals surface area contributed by atoms with E-state index in [-0.39, 0.29) is 5.69 Å². The quantitative estimate of drug-likeness (QED) is 0.381. The highest BCUT2D eigenvalue weighted by Gasteiger charge is 2.06. The van der Waals surface area contributed by atoms with Crippen molar-refractivity contribution in [1.29, 1.82) is 0 Å². The zero-order chi connectivity index (χ0) is 16.7. The minimum Gasteiger partial charge on any atom is -0.352 e. The molecule has 0 aliphatic rings. The van der Waals surface area contributed by atoms with Crippen molar-refractivity contribution in [2.75, 3.05) is 7.05 Å². The molecule has 2 N–H and O–H groups in total. The zero-order valence-corrected chi connectivity index (χ0v) is 13.4. The minimum atomic E-state index is -0.407. The molecule has 0 aliphatic heterocycles. The van der Waals surface area contributed by atoms with Gasteiger partial charge in [-0.15, -0.1) is 0 Å². The molecule has 6 nitrogen and oxygen atoms in total. The molecule has 0 aromatic heterocycles. The number of guanidine groups is 1. The number of aliphatic imine (C=N–C) groups is 1. The van der Waals surface area contributed by atoms with Crippen LogP contribution < -0.4 is 10.6 Å². The van der Waals surface area contributed by atoms with Crippen LogP contribution in [0.5, 0.6) is 0 Å². The number of halogens is 1. The number of nitro benzene ring substituents is 1. The first-order valence-corrected chi connectivity index (χ1v) is 7.38. The van der Waals surface area contributed by atoms with Crippen LogP contribution >= 0.6 is 11.6 Å². The summed E-state index contributed by atoms with van der Waals surface area (Å²) >= 11 is 5.95. The average Bonchev–Trinajstić information content (AvgIpc) is 2.55. The van der Waals surface area contributed by atoms with Gasteiger partial charge in [-0.2, -0.15) is 0 Å². The third-order valence-electron chi connectivity index (χ3n) is 3.15. The molecule has 2 rings (SSSR count). The number of hydrogen-bond acceptors (Lipinski definition) is 3. The maximum atomic E-state index is 10.8. The van der Waals surface area contributed by atoms with Gasteiger partial charge in [0.05, 0.1) is 4.92 Å². The molecule has 0 fully saturated rings. The maximum Gasteiger partial charge on any atom is 0.269 e. The first kappa shape index (κ1) is 16.8. The van der Waals surface area contributed by atoms with E-state index in [1.807, 2.05) is 30.3 Å². The fourth-order valence-electron chi connectivity index (χ4n) is 2.02. The van der Waals surface area contributed by atoms with Crippen molar-refractivity contribution >= 4 is 23.2 Å². The molecule has 0 amide bonds. The molecule has 0 radical (unpaired) electrons. The Morgan fingerprint density at radius 1 is 1.13 bits per heavy atom. The lowest BCUT2D eigenvalue weighted by atomic mass is 10.2. The topological polar surface area (TPSA) is 79.6 Å². The van der Waals surface area contributed by atoms with Crippen LogP contribution in [0.3, 0.4) is 0 Å². The van der Waals surface area contributed by atoms with Crippen LogP contribution in [-0.4, -0.2) is 17.9 Å². The standard InChI is InChI=1S/C16H17ClN4O2/c1-18-16(19-10-12-4-2-6-14(17)8-12)20-11-13-5-3-7-15(9-13)21(22)23/h2-9H,10-11H2,1H3,(H2,18,19,20). The van der Waals surface area contributed by atoms with Crippen molar-refractivity contribution in [3.05, 3.63) is 74.8 Å². The lowest BCUT2D eigenvalue weighted by Gasteiger charge is -2.12. The summed E-state index contributed by atoms with van der Waals surface area (Å²) in [5.74, 6) is 0.608. The van der Waals surface area contributed by atoms with Gasteiger partial charge in [0, 0.05) is 37.3 Å². The summed E-state index contributed by atoms with van der Waals surface area (Å²) in [7, 11) is 1.67. The summed E-state index contributed by atoms with van der Waals surface area (Å²) in [4.78, 5) is 14.5. The maximum absolute atomic E-state index is 10.8.